The van der Waals surface area contributed by atoms with Crippen LogP contribution in [0.5, 0.6) is 11.5 Å². The van der Waals surface area contributed by atoms with Gasteiger partial charge in [0, 0.05) is 38.8 Å². The second-order valence-corrected chi connectivity index (χ2v) is 7.03. The number of amides is 1. The topological polar surface area (TPSA) is 42.0 Å². The maximum Gasteiger partial charge on any atom is 0.246 e. The molecular formula is C22H24N2O3. The minimum atomic E-state index is 0.0818. The molecule has 2 aliphatic heterocycles. The first-order valence-corrected chi connectivity index (χ1v) is 9.32. The van der Waals surface area contributed by atoms with Crippen molar-refractivity contribution >= 4 is 12.0 Å². The zero-order valence-corrected chi connectivity index (χ0v) is 15.6. The van der Waals surface area contributed by atoms with Crippen molar-refractivity contribution in [2.45, 2.75) is 13.5 Å². The van der Waals surface area contributed by atoms with E-state index in [1.165, 1.54) is 11.1 Å². The third-order valence-corrected chi connectivity index (χ3v) is 5.02. The van der Waals surface area contributed by atoms with Gasteiger partial charge in [0.15, 0.2) is 11.5 Å². The molecular weight excluding hydrogens is 340 g/mol. The third-order valence-electron chi connectivity index (χ3n) is 5.02. The van der Waals surface area contributed by atoms with E-state index in [2.05, 4.69) is 30.0 Å². The lowest BCUT2D eigenvalue weighted by molar-refractivity contribution is -0.127. The van der Waals surface area contributed by atoms with Crippen LogP contribution < -0.4 is 9.47 Å². The smallest absolute Gasteiger partial charge is 0.246 e. The first-order valence-electron chi connectivity index (χ1n) is 9.32. The minimum Gasteiger partial charge on any atom is -0.454 e. The van der Waals surface area contributed by atoms with Crippen molar-refractivity contribution in [1.82, 2.24) is 9.80 Å². The van der Waals surface area contributed by atoms with Gasteiger partial charge < -0.3 is 14.4 Å². The van der Waals surface area contributed by atoms with Crippen LogP contribution in [0, 0.1) is 6.92 Å². The van der Waals surface area contributed by atoms with Crippen molar-refractivity contribution < 1.29 is 14.3 Å². The van der Waals surface area contributed by atoms with Gasteiger partial charge in [-0.05, 0) is 36.3 Å². The molecule has 0 saturated carbocycles. The Labute approximate surface area is 159 Å². The van der Waals surface area contributed by atoms with Crippen LogP contribution in [0.3, 0.4) is 0 Å². The summed E-state index contributed by atoms with van der Waals surface area (Å²) in [5.41, 5.74) is 3.48. The molecule has 0 unspecified atom stereocenters. The van der Waals surface area contributed by atoms with E-state index in [0.717, 1.165) is 49.8 Å². The van der Waals surface area contributed by atoms with Crippen molar-refractivity contribution in [3.8, 4) is 11.5 Å². The average molecular weight is 364 g/mol. The molecule has 140 valence electrons. The van der Waals surface area contributed by atoms with E-state index in [9.17, 15) is 4.79 Å². The van der Waals surface area contributed by atoms with Gasteiger partial charge in [0.1, 0.15) is 0 Å². The normalized spacial score (nSPS) is 16.9. The molecule has 5 heteroatoms. The molecule has 2 aromatic carbocycles. The van der Waals surface area contributed by atoms with E-state index in [0.29, 0.717) is 6.79 Å². The Morgan fingerprint density at radius 1 is 1.00 bits per heavy atom. The van der Waals surface area contributed by atoms with E-state index in [4.69, 9.17) is 9.47 Å². The van der Waals surface area contributed by atoms with Gasteiger partial charge in [0.2, 0.25) is 12.7 Å². The molecule has 2 heterocycles. The summed E-state index contributed by atoms with van der Waals surface area (Å²) in [5, 5.41) is 0. The second kappa shape index (κ2) is 7.84. The summed E-state index contributed by atoms with van der Waals surface area (Å²) in [6.07, 6.45) is 3.57. The first-order chi connectivity index (χ1) is 13.2. The average Bonchev–Trinajstić information content (AvgIpc) is 3.16. The second-order valence-electron chi connectivity index (χ2n) is 7.03. The molecule has 0 spiro atoms. The van der Waals surface area contributed by atoms with Gasteiger partial charge in [-0.2, -0.15) is 0 Å². The third kappa shape index (κ3) is 4.31. The van der Waals surface area contributed by atoms with Gasteiger partial charge in [0.25, 0.3) is 0 Å². The number of nitrogens with zero attached hydrogens (tertiary/aromatic N) is 2. The van der Waals surface area contributed by atoms with Crippen LogP contribution in [0.25, 0.3) is 6.08 Å². The number of fused-ring (bicyclic) bond motifs is 1. The van der Waals surface area contributed by atoms with E-state index >= 15 is 0 Å². The molecule has 5 nitrogen and oxygen atoms in total. The zero-order chi connectivity index (χ0) is 18.6. The van der Waals surface area contributed by atoms with Crippen LogP contribution in [0.4, 0.5) is 0 Å². The maximum atomic E-state index is 12.4. The summed E-state index contributed by atoms with van der Waals surface area (Å²) >= 11 is 0. The molecule has 2 aliphatic rings. The molecule has 0 bridgehead atoms. The molecule has 1 saturated heterocycles. The highest BCUT2D eigenvalue weighted by atomic mass is 16.7. The van der Waals surface area contributed by atoms with Crippen molar-refractivity contribution in [2.24, 2.45) is 0 Å². The van der Waals surface area contributed by atoms with Crippen molar-refractivity contribution in [3.05, 3.63) is 65.2 Å². The summed E-state index contributed by atoms with van der Waals surface area (Å²) in [6, 6.07) is 14.3. The fourth-order valence-corrected chi connectivity index (χ4v) is 3.37. The number of hydrogen-bond acceptors (Lipinski definition) is 4. The van der Waals surface area contributed by atoms with Gasteiger partial charge in [-0.3, -0.25) is 9.69 Å². The Morgan fingerprint density at radius 3 is 2.52 bits per heavy atom. The number of ether oxygens (including phenoxy) is 2. The van der Waals surface area contributed by atoms with Gasteiger partial charge in [0.05, 0.1) is 0 Å². The van der Waals surface area contributed by atoms with E-state index in [1.54, 1.807) is 6.08 Å². The van der Waals surface area contributed by atoms with Crippen LogP contribution in [-0.2, 0) is 11.3 Å². The lowest BCUT2D eigenvalue weighted by Crippen LogP contribution is -2.47. The highest BCUT2D eigenvalue weighted by Gasteiger charge is 2.20. The Kier molecular flexibility index (Phi) is 5.12. The molecule has 2 aromatic rings. The zero-order valence-electron chi connectivity index (χ0n) is 15.6. The Morgan fingerprint density at radius 2 is 1.74 bits per heavy atom. The van der Waals surface area contributed by atoms with Crippen molar-refractivity contribution in [3.63, 3.8) is 0 Å². The number of aryl methyl sites for hydroxylation is 1. The van der Waals surface area contributed by atoms with Crippen molar-refractivity contribution in [1.29, 1.82) is 0 Å². The lowest BCUT2D eigenvalue weighted by Gasteiger charge is -2.34. The highest BCUT2D eigenvalue weighted by Crippen LogP contribution is 2.32. The number of rotatable bonds is 4. The summed E-state index contributed by atoms with van der Waals surface area (Å²) in [7, 11) is 0. The predicted molar refractivity (Wildman–Crippen MR) is 105 cm³/mol. The first kappa shape index (κ1) is 17.6. The molecule has 0 atom stereocenters. The number of benzene rings is 2. The largest absolute Gasteiger partial charge is 0.454 e. The number of carbonyl (C=O) groups excluding carboxylic acids is 1. The van der Waals surface area contributed by atoms with Gasteiger partial charge in [-0.1, -0.05) is 35.9 Å². The van der Waals surface area contributed by atoms with E-state index < -0.39 is 0 Å². The molecule has 0 N–H and O–H groups in total. The molecule has 0 aliphatic carbocycles. The van der Waals surface area contributed by atoms with Crippen LogP contribution in [-0.4, -0.2) is 48.7 Å². The molecule has 4 rings (SSSR count). The van der Waals surface area contributed by atoms with Gasteiger partial charge >= 0.3 is 0 Å². The number of piperazine rings is 1. The molecule has 1 amide bonds. The standard InChI is InChI=1S/C22H24N2O3/c1-17-2-4-18(5-3-17)7-9-22(25)24-12-10-23(11-13-24)15-19-6-8-20-21(14-19)27-16-26-20/h2-9,14H,10-13,15-16H2,1H3/b9-7-. The van der Waals surface area contributed by atoms with Crippen LogP contribution in [0.1, 0.15) is 16.7 Å². The highest BCUT2D eigenvalue weighted by molar-refractivity contribution is 5.91. The van der Waals surface area contributed by atoms with Crippen LogP contribution >= 0.6 is 0 Å². The summed E-state index contributed by atoms with van der Waals surface area (Å²) in [4.78, 5) is 16.7. The summed E-state index contributed by atoms with van der Waals surface area (Å²) < 4.78 is 10.8. The molecule has 1 fully saturated rings. The lowest BCUT2D eigenvalue weighted by atomic mass is 10.1. The quantitative estimate of drug-likeness (QED) is 0.782. The van der Waals surface area contributed by atoms with E-state index in [1.807, 2.05) is 35.2 Å². The number of hydrogen-bond donors (Lipinski definition) is 0. The minimum absolute atomic E-state index is 0.0818. The summed E-state index contributed by atoms with van der Waals surface area (Å²) in [6.45, 7) is 6.47. The molecule has 27 heavy (non-hydrogen) atoms. The fraction of sp³-hybridized carbons (Fsp3) is 0.318. The van der Waals surface area contributed by atoms with Crippen molar-refractivity contribution in [2.75, 3.05) is 33.0 Å². The Bertz CT molecular complexity index is 837. The van der Waals surface area contributed by atoms with Gasteiger partial charge in [-0.15, -0.1) is 0 Å². The summed E-state index contributed by atoms with van der Waals surface area (Å²) in [5.74, 6) is 1.72. The Balaban J connectivity index is 1.28. The molecule has 0 aromatic heterocycles. The monoisotopic (exact) mass is 364 g/mol. The Hall–Kier alpha value is -2.79. The predicted octanol–water partition coefficient (Wildman–Crippen LogP) is 3.08. The van der Waals surface area contributed by atoms with Crippen LogP contribution in [0.15, 0.2) is 48.5 Å². The SMILES string of the molecule is Cc1ccc(/C=C\C(=O)N2CCN(Cc3ccc4c(c3)OCO4)CC2)cc1. The number of carbonyl (C=O) groups is 1. The molecule has 0 radical (unpaired) electrons. The van der Waals surface area contributed by atoms with Crippen LogP contribution in [0.2, 0.25) is 0 Å². The van der Waals surface area contributed by atoms with E-state index in [-0.39, 0.29) is 5.91 Å². The maximum absolute atomic E-state index is 12.4. The fourth-order valence-electron chi connectivity index (χ4n) is 3.37. The van der Waals surface area contributed by atoms with Gasteiger partial charge in [-0.25, -0.2) is 0 Å².